The lowest BCUT2D eigenvalue weighted by Gasteiger charge is -2.50. The molecule has 404 valence electrons. The van der Waals surface area contributed by atoms with Crippen LogP contribution < -0.4 is 5.32 Å². The summed E-state index contributed by atoms with van der Waals surface area (Å²) >= 11 is 0. The van der Waals surface area contributed by atoms with E-state index in [0.29, 0.717) is 0 Å². The summed E-state index contributed by atoms with van der Waals surface area (Å²) in [5, 5.41) is 192. The Morgan fingerprint density at radius 1 is 0.443 bits per heavy atom. The minimum absolute atomic E-state index is 0.558. The van der Waals surface area contributed by atoms with E-state index in [4.69, 9.17) is 52.1 Å². The second-order valence-electron chi connectivity index (χ2n) is 17.1. The van der Waals surface area contributed by atoms with E-state index in [2.05, 4.69) is 5.32 Å². The number of hydrogen-bond acceptors (Lipinski definition) is 30. The zero-order chi connectivity index (χ0) is 51.8. The summed E-state index contributed by atoms with van der Waals surface area (Å²) in [5.74, 6) is -4.73. The molecule has 0 aromatic heterocycles. The van der Waals surface area contributed by atoms with Gasteiger partial charge in [0.05, 0.1) is 26.4 Å². The quantitative estimate of drug-likeness (QED) is 0.0682. The first kappa shape index (κ1) is 56.6. The second-order valence-corrected chi connectivity index (χ2v) is 17.1. The van der Waals surface area contributed by atoms with Gasteiger partial charge in [0.25, 0.3) is 0 Å². The largest absolute Gasteiger partial charge is 0.479 e. The van der Waals surface area contributed by atoms with Gasteiger partial charge >= 0.3 is 11.9 Å². The summed E-state index contributed by atoms with van der Waals surface area (Å²) in [5.41, 5.74) is 0. The molecule has 70 heavy (non-hydrogen) atoms. The molecule has 1 unspecified atom stereocenters. The first-order chi connectivity index (χ1) is 32.9. The first-order valence-corrected chi connectivity index (χ1v) is 21.5. The van der Waals surface area contributed by atoms with E-state index in [1.54, 1.807) is 0 Å². The van der Waals surface area contributed by atoms with Crippen LogP contribution in [-0.4, -0.2) is 314 Å². The lowest BCUT2D eigenvalue weighted by molar-refractivity contribution is -0.390. The van der Waals surface area contributed by atoms with Gasteiger partial charge in [-0.1, -0.05) is 0 Å². The smallest absolute Gasteiger partial charge is 0.335 e. The summed E-state index contributed by atoms with van der Waals surface area (Å²) in [6, 6.07) is -1.89. The van der Waals surface area contributed by atoms with Crippen LogP contribution in [0.2, 0.25) is 0 Å². The number of aliphatic hydroxyl groups is 16. The van der Waals surface area contributed by atoms with E-state index in [1.807, 2.05) is 0 Å². The lowest BCUT2D eigenvalue weighted by atomic mass is 9.94. The molecule has 6 rings (SSSR count). The van der Waals surface area contributed by atoms with Crippen LogP contribution in [0.15, 0.2) is 0 Å². The fourth-order valence-electron chi connectivity index (χ4n) is 8.54. The summed E-state index contributed by atoms with van der Waals surface area (Å²) < 4.78 is 60.2. The van der Waals surface area contributed by atoms with Gasteiger partial charge in [0.15, 0.2) is 49.9 Å². The van der Waals surface area contributed by atoms with E-state index in [0.717, 1.165) is 6.92 Å². The third-order valence-electron chi connectivity index (χ3n) is 12.4. The summed E-state index contributed by atoms with van der Waals surface area (Å²) in [4.78, 5) is 36.9. The molecule has 33 nitrogen and oxygen atoms in total. The highest BCUT2D eigenvalue weighted by atomic mass is 16.8. The van der Waals surface area contributed by atoms with E-state index >= 15 is 0 Å². The maximum atomic E-state index is 12.7. The van der Waals surface area contributed by atoms with E-state index < -0.39 is 222 Å². The van der Waals surface area contributed by atoms with Crippen LogP contribution in [0.3, 0.4) is 0 Å². The first-order valence-electron chi connectivity index (χ1n) is 21.5. The van der Waals surface area contributed by atoms with Crippen molar-refractivity contribution < 1.29 is 158 Å². The number of hydrogen-bond donors (Lipinski definition) is 19. The Labute approximate surface area is 392 Å². The molecule has 6 fully saturated rings. The summed E-state index contributed by atoms with van der Waals surface area (Å²) in [7, 11) is 0. The third-order valence-corrected chi connectivity index (χ3v) is 12.4. The zero-order valence-electron chi connectivity index (χ0n) is 36.3. The van der Waals surface area contributed by atoms with Crippen molar-refractivity contribution in [3.8, 4) is 0 Å². The fourth-order valence-corrected chi connectivity index (χ4v) is 8.54. The Bertz CT molecular complexity index is 1740. The van der Waals surface area contributed by atoms with E-state index in [-0.39, 0.29) is 0 Å². The molecule has 0 spiro atoms. The highest BCUT2D eigenvalue weighted by Gasteiger charge is 2.59. The van der Waals surface area contributed by atoms with Crippen molar-refractivity contribution in [3.63, 3.8) is 0 Å². The molecule has 6 aliphatic rings. The lowest BCUT2D eigenvalue weighted by Crippen LogP contribution is -2.70. The average molecular weight is 1030 g/mol. The number of carboxylic acids is 2. The highest BCUT2D eigenvalue weighted by Crippen LogP contribution is 2.36. The normalized spacial score (nSPS) is 50.3. The van der Waals surface area contributed by atoms with Gasteiger partial charge in [0.1, 0.15) is 128 Å². The molecular weight excluding hydrogens is 970 g/mol. The number of rotatable bonds is 16. The van der Waals surface area contributed by atoms with Gasteiger partial charge in [-0.05, 0) is 0 Å². The van der Waals surface area contributed by atoms with Gasteiger partial charge in [-0.2, -0.15) is 0 Å². The average Bonchev–Trinajstić information content (AvgIpc) is 3.31. The van der Waals surface area contributed by atoms with Crippen LogP contribution in [0, 0.1) is 0 Å². The van der Waals surface area contributed by atoms with Crippen LogP contribution in [-0.2, 0) is 66.5 Å². The Kier molecular flexibility index (Phi) is 19.2. The van der Waals surface area contributed by atoms with Crippen molar-refractivity contribution >= 4 is 17.8 Å². The van der Waals surface area contributed by atoms with Crippen molar-refractivity contribution in [2.75, 3.05) is 26.4 Å². The van der Waals surface area contributed by atoms with E-state index in [9.17, 15) is 106 Å². The molecule has 0 bridgehead atoms. The maximum Gasteiger partial charge on any atom is 0.335 e. The van der Waals surface area contributed by atoms with Gasteiger partial charge in [0, 0.05) is 6.92 Å². The predicted molar refractivity (Wildman–Crippen MR) is 206 cm³/mol. The monoisotopic (exact) mass is 1030 g/mol. The number of carboxylic acid groups (broad SMARTS) is 2. The van der Waals surface area contributed by atoms with Crippen molar-refractivity contribution in [1.29, 1.82) is 0 Å². The molecule has 6 saturated heterocycles. The van der Waals surface area contributed by atoms with Crippen LogP contribution in [0.25, 0.3) is 0 Å². The number of aliphatic carboxylic acids is 2. The number of ether oxygens (including phenoxy) is 11. The van der Waals surface area contributed by atoms with Crippen LogP contribution >= 0.6 is 0 Å². The van der Waals surface area contributed by atoms with Gasteiger partial charge < -0.3 is 149 Å². The minimum Gasteiger partial charge on any atom is -0.479 e. The predicted octanol–water partition coefficient (Wildman–Crippen LogP) is -13.1. The molecule has 0 radical (unpaired) electrons. The molecule has 19 N–H and O–H groups in total. The fraction of sp³-hybridized carbons (Fsp3) is 0.919. The molecule has 6 heterocycles. The van der Waals surface area contributed by atoms with Crippen molar-refractivity contribution in [3.05, 3.63) is 0 Å². The minimum atomic E-state index is -2.45. The molecule has 33 heteroatoms. The molecular formula is C37H59NO32. The van der Waals surface area contributed by atoms with Gasteiger partial charge in [-0.25, -0.2) is 9.59 Å². The molecule has 6 aliphatic heterocycles. The molecule has 0 aromatic carbocycles. The molecule has 29 atom stereocenters. The Morgan fingerprint density at radius 3 is 1.34 bits per heavy atom. The summed E-state index contributed by atoms with van der Waals surface area (Å²) in [6.07, 6.45) is -58.1. The Morgan fingerprint density at radius 2 is 0.857 bits per heavy atom. The maximum absolute atomic E-state index is 12.7. The summed E-state index contributed by atoms with van der Waals surface area (Å²) in [6.45, 7) is -2.75. The van der Waals surface area contributed by atoms with Crippen LogP contribution in [0.5, 0.6) is 0 Å². The second kappa shape index (κ2) is 23.7. The van der Waals surface area contributed by atoms with Crippen molar-refractivity contribution in [2.24, 2.45) is 0 Å². The highest BCUT2D eigenvalue weighted by molar-refractivity contribution is 5.74. The number of amides is 1. The van der Waals surface area contributed by atoms with Gasteiger partial charge in [-0.15, -0.1) is 0 Å². The SMILES string of the molecule is CC(=O)N[C@H]1[C@H](O[C@H]2[C@H](O)[C@@H](O)[C@H](O[C@H]3[C@@H](O)[C@@H](CO)O[C@@H](O[C@H]4[C@@H](O)[C@@H](CO)O[C@@H](O[C@@H]5COC(O)[C@H](O)[C@H]5O)[C@@H]4O)[C@@H]3O)O[C@@H]2C(=O)O)O[C@H](CO)[C@H](O)[C@@H]1O[C@@H]1O[C@H](C(=O)O)[C@@H](O)[C@H](O)[C@H]1O. The van der Waals surface area contributed by atoms with Crippen LogP contribution in [0.4, 0.5) is 0 Å². The molecule has 1 amide bonds. The molecule has 0 saturated carbocycles. The number of nitrogens with one attached hydrogen (secondary N) is 1. The third kappa shape index (κ3) is 11.7. The molecule has 0 aliphatic carbocycles. The van der Waals surface area contributed by atoms with Crippen molar-refractivity contribution in [1.82, 2.24) is 5.32 Å². The number of carbonyl (C=O) groups excluding carboxylic acids is 1. The zero-order valence-corrected chi connectivity index (χ0v) is 36.3. The topological polar surface area (TPSA) is 529 Å². The van der Waals surface area contributed by atoms with Gasteiger partial charge in [-0.3, -0.25) is 4.79 Å². The Balaban J connectivity index is 1.20. The Hall–Kier alpha value is -2.67. The number of carbonyl (C=O) groups is 3. The van der Waals surface area contributed by atoms with Gasteiger partial charge in [0.2, 0.25) is 5.91 Å². The number of aliphatic hydroxyl groups excluding tert-OH is 16. The molecule has 0 aromatic rings. The van der Waals surface area contributed by atoms with E-state index in [1.165, 1.54) is 0 Å². The van der Waals surface area contributed by atoms with Crippen molar-refractivity contribution in [2.45, 2.75) is 185 Å². The standard InChI is InChI=1S/C37H59NO32/c1-6(42)38-11-24(65-34-20(51)16(47)17(48)28(69-34)30(55)56)13(44)7(2-39)61-33(11)68-27-18(49)21(52)35(70-29(27)31(57)58)66-26-15(46)9(4-41)63-37(23(26)54)67-25-14(45)8(3-40)62-36(22(25)53)64-10-5-60-32(59)19(50)12(10)43/h7-29,32-37,39-41,43-54,59H,2-5H2,1H3,(H,38,42)(H,55,56)(H,57,58)/t7-,8-,9-,10-,11-,12+,13+,14+,15+,16+,17+,18-,19-,20-,21-,22-,23-,24-,25+,26+,27+,28+,29+,32?,33+,34-,35-,36+,37+/m1/s1. The van der Waals surface area contributed by atoms with Crippen LogP contribution in [0.1, 0.15) is 6.92 Å².